The van der Waals surface area contributed by atoms with Gasteiger partial charge in [-0.05, 0) is 47.0 Å². The number of urea groups is 1. The molecule has 0 aromatic carbocycles. The zero-order valence-electron chi connectivity index (χ0n) is 11.1. The summed E-state index contributed by atoms with van der Waals surface area (Å²) >= 11 is 3.16. The van der Waals surface area contributed by atoms with Gasteiger partial charge in [-0.2, -0.15) is 0 Å². The molecule has 0 unspecified atom stereocenters. The summed E-state index contributed by atoms with van der Waals surface area (Å²) in [5.41, 5.74) is -0.0802. The molecule has 1 saturated heterocycles. The Kier molecular flexibility index (Phi) is 3.67. The van der Waals surface area contributed by atoms with Crippen LogP contribution in [-0.4, -0.2) is 28.8 Å². The van der Waals surface area contributed by atoms with E-state index in [4.69, 9.17) is 4.42 Å². The van der Waals surface area contributed by atoms with Crippen molar-refractivity contribution >= 4 is 39.9 Å². The van der Waals surface area contributed by atoms with Crippen LogP contribution in [0.2, 0.25) is 0 Å². The lowest BCUT2D eigenvalue weighted by Gasteiger charge is -2.30. The van der Waals surface area contributed by atoms with Crippen molar-refractivity contribution in [3.05, 3.63) is 28.1 Å². The molecular formula is C14H13BrN2O4. The maximum absolute atomic E-state index is 12.5. The summed E-state index contributed by atoms with van der Waals surface area (Å²) in [7, 11) is 0. The number of nitrogens with zero attached hydrogens (tertiary/aromatic N) is 1. The minimum atomic E-state index is -0.688. The number of carbonyl (C=O) groups is 3. The van der Waals surface area contributed by atoms with E-state index in [1.54, 1.807) is 12.1 Å². The predicted molar refractivity (Wildman–Crippen MR) is 77.0 cm³/mol. The van der Waals surface area contributed by atoms with Gasteiger partial charge in [0.2, 0.25) is 0 Å². The Hall–Kier alpha value is -1.89. The lowest BCUT2D eigenvalue weighted by molar-refractivity contribution is -0.131. The summed E-state index contributed by atoms with van der Waals surface area (Å²) in [6, 6.07) is 2.54. The molecule has 4 amide bonds. The molecule has 1 aromatic heterocycles. The van der Waals surface area contributed by atoms with Crippen molar-refractivity contribution in [2.75, 3.05) is 0 Å². The summed E-state index contributed by atoms with van der Waals surface area (Å²) in [6.07, 6.45) is 4.90. The Balaban J connectivity index is 1.92. The van der Waals surface area contributed by atoms with Crippen LogP contribution in [0.4, 0.5) is 4.79 Å². The van der Waals surface area contributed by atoms with Crippen molar-refractivity contribution < 1.29 is 18.8 Å². The zero-order valence-corrected chi connectivity index (χ0v) is 12.7. The molecular weight excluding hydrogens is 340 g/mol. The predicted octanol–water partition coefficient (Wildman–Crippen LogP) is 2.45. The minimum Gasteiger partial charge on any atom is -0.450 e. The van der Waals surface area contributed by atoms with Crippen LogP contribution in [0.3, 0.4) is 0 Å². The van der Waals surface area contributed by atoms with Gasteiger partial charge >= 0.3 is 6.03 Å². The summed E-state index contributed by atoms with van der Waals surface area (Å²) < 4.78 is 5.78. The van der Waals surface area contributed by atoms with Crippen molar-refractivity contribution in [1.82, 2.24) is 10.2 Å². The van der Waals surface area contributed by atoms with Crippen LogP contribution >= 0.6 is 15.9 Å². The fourth-order valence-corrected chi connectivity index (χ4v) is 3.03. The summed E-state index contributed by atoms with van der Waals surface area (Å²) in [6.45, 7) is 0. The topological polar surface area (TPSA) is 79.6 Å². The highest BCUT2D eigenvalue weighted by molar-refractivity contribution is 9.10. The normalized spacial score (nSPS) is 22.2. The minimum absolute atomic E-state index is 0.0802. The van der Waals surface area contributed by atoms with Gasteiger partial charge in [0.15, 0.2) is 4.67 Å². The molecule has 3 rings (SSSR count). The van der Waals surface area contributed by atoms with Crippen molar-refractivity contribution in [1.29, 1.82) is 0 Å². The molecule has 1 aromatic rings. The second-order valence-corrected chi connectivity index (χ2v) is 5.85. The van der Waals surface area contributed by atoms with E-state index in [2.05, 4.69) is 21.2 Å². The maximum Gasteiger partial charge on any atom is 0.331 e. The molecule has 21 heavy (non-hydrogen) atoms. The first-order valence-electron chi connectivity index (χ1n) is 6.72. The van der Waals surface area contributed by atoms with Gasteiger partial charge in [0.05, 0.1) is 0 Å². The first kappa shape index (κ1) is 14.1. The second-order valence-electron chi connectivity index (χ2n) is 5.07. The SMILES string of the molecule is O=C1NC(=O)N(C2CCCC2)C(=O)/C1=C/c1ccc(Br)o1. The molecule has 1 aliphatic carbocycles. The van der Waals surface area contributed by atoms with Gasteiger partial charge in [0.1, 0.15) is 11.3 Å². The number of hydrogen-bond donors (Lipinski definition) is 1. The number of imide groups is 2. The molecule has 110 valence electrons. The van der Waals surface area contributed by atoms with Crippen LogP contribution in [0.1, 0.15) is 31.4 Å². The Morgan fingerprint density at radius 2 is 1.95 bits per heavy atom. The van der Waals surface area contributed by atoms with Gasteiger partial charge in [0, 0.05) is 6.04 Å². The molecule has 1 N–H and O–H groups in total. The van der Waals surface area contributed by atoms with E-state index in [1.807, 2.05) is 0 Å². The average molecular weight is 353 g/mol. The molecule has 0 spiro atoms. The third kappa shape index (κ3) is 2.65. The molecule has 2 heterocycles. The molecule has 7 heteroatoms. The monoisotopic (exact) mass is 352 g/mol. The first-order chi connectivity index (χ1) is 10.1. The molecule has 0 bridgehead atoms. The molecule has 0 radical (unpaired) electrons. The Morgan fingerprint density at radius 1 is 1.24 bits per heavy atom. The van der Waals surface area contributed by atoms with Crippen LogP contribution in [0.5, 0.6) is 0 Å². The van der Waals surface area contributed by atoms with Gasteiger partial charge in [-0.15, -0.1) is 0 Å². The van der Waals surface area contributed by atoms with E-state index in [1.165, 1.54) is 6.08 Å². The highest BCUT2D eigenvalue weighted by atomic mass is 79.9. The lowest BCUT2D eigenvalue weighted by Crippen LogP contribution is -2.57. The van der Waals surface area contributed by atoms with Crippen LogP contribution in [0.15, 0.2) is 26.8 Å². The Bertz CT molecular complexity index is 643. The largest absolute Gasteiger partial charge is 0.450 e. The van der Waals surface area contributed by atoms with Crippen LogP contribution in [0, 0.1) is 0 Å². The quantitative estimate of drug-likeness (QED) is 0.654. The second kappa shape index (κ2) is 5.48. The Morgan fingerprint density at radius 3 is 2.57 bits per heavy atom. The Labute approximate surface area is 129 Å². The van der Waals surface area contributed by atoms with E-state index >= 15 is 0 Å². The molecule has 0 atom stereocenters. The fraction of sp³-hybridized carbons (Fsp3) is 0.357. The van der Waals surface area contributed by atoms with Crippen molar-refractivity contribution in [3.8, 4) is 0 Å². The molecule has 6 nitrogen and oxygen atoms in total. The third-order valence-electron chi connectivity index (χ3n) is 3.70. The summed E-state index contributed by atoms with van der Waals surface area (Å²) in [4.78, 5) is 37.4. The van der Waals surface area contributed by atoms with Crippen molar-refractivity contribution in [2.45, 2.75) is 31.7 Å². The number of barbiturate groups is 1. The van der Waals surface area contributed by atoms with E-state index in [9.17, 15) is 14.4 Å². The van der Waals surface area contributed by atoms with Gasteiger partial charge in [-0.25, -0.2) is 4.79 Å². The van der Waals surface area contributed by atoms with Crippen molar-refractivity contribution in [2.24, 2.45) is 0 Å². The van der Waals surface area contributed by atoms with Gasteiger partial charge in [-0.3, -0.25) is 19.8 Å². The fourth-order valence-electron chi connectivity index (χ4n) is 2.71. The number of rotatable bonds is 2. The van der Waals surface area contributed by atoms with E-state index in [0.717, 1.165) is 30.6 Å². The maximum atomic E-state index is 12.5. The van der Waals surface area contributed by atoms with E-state index in [0.29, 0.717) is 10.4 Å². The molecule has 1 aliphatic heterocycles. The van der Waals surface area contributed by atoms with E-state index in [-0.39, 0.29) is 11.6 Å². The third-order valence-corrected chi connectivity index (χ3v) is 4.13. The average Bonchev–Trinajstić information content (AvgIpc) is 3.06. The molecule has 1 saturated carbocycles. The summed E-state index contributed by atoms with van der Waals surface area (Å²) in [5.74, 6) is -0.865. The van der Waals surface area contributed by atoms with Crippen molar-refractivity contribution in [3.63, 3.8) is 0 Å². The number of amides is 4. The highest BCUT2D eigenvalue weighted by Gasteiger charge is 2.40. The van der Waals surface area contributed by atoms with Crippen LogP contribution < -0.4 is 5.32 Å². The first-order valence-corrected chi connectivity index (χ1v) is 7.51. The summed E-state index contributed by atoms with van der Waals surface area (Å²) in [5, 5.41) is 2.22. The number of nitrogens with one attached hydrogen (secondary N) is 1. The lowest BCUT2D eigenvalue weighted by atomic mass is 10.1. The number of furan rings is 1. The van der Waals surface area contributed by atoms with Gasteiger partial charge in [-0.1, -0.05) is 12.8 Å². The zero-order chi connectivity index (χ0) is 15.0. The molecule has 2 aliphatic rings. The molecule has 2 fully saturated rings. The van der Waals surface area contributed by atoms with E-state index < -0.39 is 17.8 Å². The highest BCUT2D eigenvalue weighted by Crippen LogP contribution is 2.27. The number of hydrogen-bond acceptors (Lipinski definition) is 4. The van der Waals surface area contributed by atoms with Gasteiger partial charge in [0.25, 0.3) is 11.8 Å². The van der Waals surface area contributed by atoms with Crippen LogP contribution in [0.25, 0.3) is 6.08 Å². The smallest absolute Gasteiger partial charge is 0.331 e. The van der Waals surface area contributed by atoms with Gasteiger partial charge < -0.3 is 4.42 Å². The number of carbonyl (C=O) groups excluding carboxylic acids is 3. The number of halogens is 1. The standard InChI is InChI=1S/C14H13BrN2O4/c15-11-6-5-9(21-11)7-10-12(18)16-14(20)17(13(10)19)8-3-1-2-4-8/h5-8H,1-4H2,(H,16,18,20)/b10-7+. The van der Waals surface area contributed by atoms with Crippen LogP contribution in [-0.2, 0) is 9.59 Å².